The maximum atomic E-state index is 13.5. The zero-order valence-electron chi connectivity index (χ0n) is 9.15. The van der Waals surface area contributed by atoms with Crippen molar-refractivity contribution in [3.63, 3.8) is 0 Å². The summed E-state index contributed by atoms with van der Waals surface area (Å²) in [7, 11) is 0. The highest BCUT2D eigenvalue weighted by atomic mass is 79.9. The van der Waals surface area contributed by atoms with Gasteiger partial charge in [-0.25, -0.2) is 4.39 Å². The van der Waals surface area contributed by atoms with Gasteiger partial charge in [-0.2, -0.15) is 0 Å². The molecule has 3 nitrogen and oxygen atoms in total. The van der Waals surface area contributed by atoms with Gasteiger partial charge >= 0.3 is 0 Å². The molecule has 0 bridgehead atoms. The van der Waals surface area contributed by atoms with Crippen molar-refractivity contribution in [1.82, 2.24) is 9.55 Å². The number of nitrogens with zero attached hydrogens (tertiary/aromatic N) is 1. The molecule has 2 aromatic heterocycles. The number of aromatic amines is 1. The number of rotatable bonds is 1. The highest BCUT2D eigenvalue weighted by molar-refractivity contribution is 9.10. The highest BCUT2D eigenvalue weighted by Gasteiger charge is 2.08. The summed E-state index contributed by atoms with van der Waals surface area (Å²) in [5.74, 6) is 0.0702. The number of H-pyrrole nitrogens is 1. The average Bonchev–Trinajstić information content (AvgIpc) is 2.77. The molecule has 18 heavy (non-hydrogen) atoms. The Morgan fingerprint density at radius 1 is 1.22 bits per heavy atom. The number of para-hydroxylation sites is 1. The lowest BCUT2D eigenvalue weighted by Gasteiger charge is -2.03. The fourth-order valence-electron chi connectivity index (χ4n) is 1.86. The molecule has 0 amide bonds. The van der Waals surface area contributed by atoms with Crippen LogP contribution in [-0.4, -0.2) is 9.55 Å². The summed E-state index contributed by atoms with van der Waals surface area (Å²) in [6, 6.07) is 10.7. The maximum Gasteiger partial charge on any atom is 0.257 e. The molecule has 2 heterocycles. The first kappa shape index (κ1) is 11.2. The number of fused-ring (bicyclic) bond motifs is 1. The van der Waals surface area contributed by atoms with Gasteiger partial charge in [0.05, 0.1) is 10.7 Å². The first-order valence-corrected chi connectivity index (χ1v) is 6.10. The molecule has 0 unspecified atom stereocenters. The van der Waals surface area contributed by atoms with Crippen molar-refractivity contribution >= 4 is 26.8 Å². The van der Waals surface area contributed by atoms with E-state index in [1.807, 2.05) is 30.3 Å². The molecule has 3 aromatic rings. The van der Waals surface area contributed by atoms with Crippen LogP contribution >= 0.6 is 15.9 Å². The summed E-state index contributed by atoms with van der Waals surface area (Å²) in [6.45, 7) is 0. The first-order chi connectivity index (χ1) is 8.65. The summed E-state index contributed by atoms with van der Waals surface area (Å²) < 4.78 is 14.9. The summed E-state index contributed by atoms with van der Waals surface area (Å²) in [5.41, 5.74) is 0.609. The maximum absolute atomic E-state index is 13.5. The molecular weight excluding hydrogens is 299 g/mol. The summed E-state index contributed by atoms with van der Waals surface area (Å²) in [5, 5.41) is 0.975. The summed E-state index contributed by atoms with van der Waals surface area (Å²) >= 11 is 2.99. The Kier molecular flexibility index (Phi) is 2.56. The zero-order valence-corrected chi connectivity index (χ0v) is 10.7. The average molecular weight is 307 g/mol. The third-order valence-electron chi connectivity index (χ3n) is 2.73. The van der Waals surface area contributed by atoms with Gasteiger partial charge in [-0.1, -0.05) is 18.2 Å². The zero-order chi connectivity index (χ0) is 12.7. The molecule has 0 saturated heterocycles. The van der Waals surface area contributed by atoms with Crippen molar-refractivity contribution in [2.45, 2.75) is 0 Å². The van der Waals surface area contributed by atoms with Crippen molar-refractivity contribution in [1.29, 1.82) is 0 Å². The smallest absolute Gasteiger partial charge is 0.257 e. The van der Waals surface area contributed by atoms with Crippen LogP contribution in [0.5, 0.6) is 0 Å². The number of halogens is 2. The third-order valence-corrected chi connectivity index (χ3v) is 3.34. The minimum Gasteiger partial charge on any atom is -0.341 e. The van der Waals surface area contributed by atoms with Crippen LogP contribution in [0, 0.1) is 5.82 Å². The van der Waals surface area contributed by atoms with Crippen LogP contribution in [0.4, 0.5) is 4.39 Å². The van der Waals surface area contributed by atoms with Crippen LogP contribution < -0.4 is 5.56 Å². The number of benzene rings is 1. The number of hydrogen-bond donors (Lipinski definition) is 1. The van der Waals surface area contributed by atoms with Gasteiger partial charge in [0.15, 0.2) is 5.82 Å². The SMILES string of the molecule is O=c1cc(Br)c(F)cn1-c1cc2ccccc2[nH]1. The Bertz CT molecular complexity index is 758. The van der Waals surface area contributed by atoms with Gasteiger partial charge in [0, 0.05) is 17.0 Å². The third kappa shape index (κ3) is 1.76. The number of aromatic nitrogens is 2. The van der Waals surface area contributed by atoms with Crippen LogP contribution in [0.1, 0.15) is 0 Å². The minimum atomic E-state index is -0.478. The lowest BCUT2D eigenvalue weighted by molar-refractivity contribution is 0.605. The molecular formula is C13H8BrFN2O. The van der Waals surface area contributed by atoms with Crippen molar-refractivity contribution in [3.8, 4) is 5.82 Å². The van der Waals surface area contributed by atoms with E-state index in [0.717, 1.165) is 17.1 Å². The Hall–Kier alpha value is -1.88. The number of hydrogen-bond acceptors (Lipinski definition) is 1. The molecule has 90 valence electrons. The van der Waals surface area contributed by atoms with Crippen LogP contribution in [0.2, 0.25) is 0 Å². The van der Waals surface area contributed by atoms with Crippen molar-refractivity contribution in [3.05, 3.63) is 63.2 Å². The Labute approximate surface area is 110 Å². The lowest BCUT2D eigenvalue weighted by Crippen LogP contribution is -2.17. The van der Waals surface area contributed by atoms with Crippen LogP contribution in [0.3, 0.4) is 0 Å². The molecule has 0 fully saturated rings. The fourth-order valence-corrected chi connectivity index (χ4v) is 2.16. The summed E-state index contributed by atoms with van der Waals surface area (Å²) in [4.78, 5) is 14.9. The van der Waals surface area contributed by atoms with Gasteiger partial charge in [0.1, 0.15) is 5.82 Å². The lowest BCUT2D eigenvalue weighted by atomic mass is 10.2. The molecule has 0 aliphatic rings. The monoisotopic (exact) mass is 306 g/mol. The molecule has 0 spiro atoms. The van der Waals surface area contributed by atoms with Gasteiger partial charge in [0.2, 0.25) is 0 Å². The van der Waals surface area contributed by atoms with E-state index in [4.69, 9.17) is 0 Å². The topological polar surface area (TPSA) is 37.8 Å². The second kappa shape index (κ2) is 4.10. The predicted octanol–water partition coefficient (Wildman–Crippen LogP) is 3.22. The van der Waals surface area contributed by atoms with Crippen LogP contribution in [0.25, 0.3) is 16.7 Å². The second-order valence-electron chi connectivity index (χ2n) is 3.92. The largest absolute Gasteiger partial charge is 0.341 e. The molecule has 0 radical (unpaired) electrons. The highest BCUT2D eigenvalue weighted by Crippen LogP contribution is 2.18. The molecule has 1 N–H and O–H groups in total. The molecule has 3 rings (SSSR count). The van der Waals surface area contributed by atoms with Crippen LogP contribution in [-0.2, 0) is 0 Å². The molecule has 5 heteroatoms. The van der Waals surface area contributed by atoms with E-state index in [-0.39, 0.29) is 10.0 Å². The molecule has 0 aliphatic carbocycles. The standard InChI is InChI=1S/C13H8BrFN2O/c14-9-6-13(18)17(7-10(9)15)12-5-8-3-1-2-4-11(8)16-12/h1-7,16H. The van der Waals surface area contributed by atoms with E-state index in [1.165, 1.54) is 10.6 Å². The first-order valence-electron chi connectivity index (χ1n) is 5.31. The van der Waals surface area contributed by atoms with E-state index < -0.39 is 5.82 Å². The predicted molar refractivity (Wildman–Crippen MR) is 71.6 cm³/mol. The second-order valence-corrected chi connectivity index (χ2v) is 4.77. The Morgan fingerprint density at radius 3 is 2.78 bits per heavy atom. The van der Waals surface area contributed by atoms with Crippen molar-refractivity contribution in [2.24, 2.45) is 0 Å². The van der Waals surface area contributed by atoms with Gasteiger partial charge in [-0.15, -0.1) is 0 Å². The molecule has 0 atom stereocenters. The van der Waals surface area contributed by atoms with E-state index in [2.05, 4.69) is 20.9 Å². The Balaban J connectivity index is 2.26. The molecule has 0 aliphatic heterocycles. The molecule has 0 saturated carbocycles. The van der Waals surface area contributed by atoms with E-state index in [1.54, 1.807) is 0 Å². The van der Waals surface area contributed by atoms with Crippen molar-refractivity contribution < 1.29 is 4.39 Å². The molecule has 1 aromatic carbocycles. The van der Waals surface area contributed by atoms with E-state index in [9.17, 15) is 9.18 Å². The van der Waals surface area contributed by atoms with Gasteiger partial charge in [0.25, 0.3) is 5.56 Å². The quantitative estimate of drug-likeness (QED) is 0.736. The van der Waals surface area contributed by atoms with E-state index >= 15 is 0 Å². The van der Waals surface area contributed by atoms with E-state index in [0.29, 0.717) is 5.82 Å². The minimum absolute atomic E-state index is 0.167. The normalized spacial score (nSPS) is 11.0. The Morgan fingerprint density at radius 2 is 2.00 bits per heavy atom. The van der Waals surface area contributed by atoms with Gasteiger partial charge in [-0.3, -0.25) is 9.36 Å². The van der Waals surface area contributed by atoms with Crippen molar-refractivity contribution in [2.75, 3.05) is 0 Å². The van der Waals surface area contributed by atoms with Crippen LogP contribution in [0.15, 0.2) is 51.9 Å². The number of nitrogens with one attached hydrogen (secondary N) is 1. The van der Waals surface area contributed by atoms with Gasteiger partial charge < -0.3 is 4.98 Å². The number of pyridine rings is 1. The fraction of sp³-hybridized carbons (Fsp3) is 0. The van der Waals surface area contributed by atoms with Gasteiger partial charge in [-0.05, 0) is 28.1 Å². The summed E-state index contributed by atoms with van der Waals surface area (Å²) in [6.07, 6.45) is 1.16.